The minimum Gasteiger partial charge on any atom is -0.444 e. The topological polar surface area (TPSA) is 43.9 Å². The van der Waals surface area contributed by atoms with Crippen LogP contribution >= 0.6 is 27.5 Å². The van der Waals surface area contributed by atoms with Crippen LogP contribution in [0.2, 0.25) is 0 Å². The molecule has 0 atom stereocenters. The number of aromatic nitrogens is 3. The van der Waals surface area contributed by atoms with Crippen molar-refractivity contribution in [1.29, 1.82) is 0 Å². The van der Waals surface area contributed by atoms with Crippen molar-refractivity contribution in [3.8, 4) is 0 Å². The van der Waals surface area contributed by atoms with Crippen LogP contribution in [-0.4, -0.2) is 20.4 Å². The summed E-state index contributed by atoms with van der Waals surface area (Å²) in [4.78, 5) is 8.71. The van der Waals surface area contributed by atoms with Crippen molar-refractivity contribution in [2.24, 2.45) is 0 Å². The Morgan fingerprint density at radius 3 is 2.90 bits per heavy atom. The molecule has 0 spiro atoms. The van der Waals surface area contributed by atoms with Crippen molar-refractivity contribution in [3.05, 3.63) is 46.1 Å². The molecule has 0 N–H and O–H groups in total. The number of benzene rings is 1. The number of rotatable bonds is 4. The first-order valence-corrected chi connectivity index (χ1v) is 7.72. The molecule has 0 bridgehead atoms. The van der Waals surface area contributed by atoms with E-state index in [1.54, 1.807) is 12.3 Å². The summed E-state index contributed by atoms with van der Waals surface area (Å²) in [6.07, 6.45) is 2.25. The van der Waals surface area contributed by atoms with Gasteiger partial charge in [0.2, 0.25) is 5.89 Å². The van der Waals surface area contributed by atoms with Crippen LogP contribution in [0, 0.1) is 12.7 Å². The smallest absolute Gasteiger partial charge is 0.214 e. The number of aryl methyl sites for hydroxylation is 2. The second kappa shape index (κ2) is 5.77. The van der Waals surface area contributed by atoms with Crippen LogP contribution in [0.25, 0.3) is 11.0 Å². The Hall–Kier alpha value is -1.40. The van der Waals surface area contributed by atoms with Crippen molar-refractivity contribution >= 4 is 38.6 Å². The molecule has 2 aromatic heterocycles. The monoisotopic (exact) mass is 371 g/mol. The summed E-state index contributed by atoms with van der Waals surface area (Å²) in [6.45, 7) is 2.23. The number of fused-ring (bicyclic) bond motifs is 1. The summed E-state index contributed by atoms with van der Waals surface area (Å²) in [6, 6.07) is 3.12. The van der Waals surface area contributed by atoms with Crippen molar-refractivity contribution in [3.63, 3.8) is 0 Å². The molecule has 0 aliphatic heterocycles. The van der Waals surface area contributed by atoms with E-state index in [1.165, 1.54) is 6.07 Å². The predicted octanol–water partition coefficient (Wildman–Crippen LogP) is 4.06. The first-order valence-electron chi connectivity index (χ1n) is 6.40. The number of nitrogens with zero attached hydrogens (tertiary/aromatic N) is 3. The Balaban J connectivity index is 2.12. The fourth-order valence-electron chi connectivity index (χ4n) is 2.23. The van der Waals surface area contributed by atoms with E-state index in [2.05, 4.69) is 25.9 Å². The van der Waals surface area contributed by atoms with Gasteiger partial charge in [-0.1, -0.05) is 0 Å². The summed E-state index contributed by atoms with van der Waals surface area (Å²) >= 11 is 9.01. The number of hydrogen-bond donors (Lipinski definition) is 0. The second-order valence-electron chi connectivity index (χ2n) is 4.67. The number of halogens is 3. The van der Waals surface area contributed by atoms with Gasteiger partial charge in [0.15, 0.2) is 0 Å². The third kappa shape index (κ3) is 2.82. The van der Waals surface area contributed by atoms with Gasteiger partial charge in [-0.2, -0.15) is 0 Å². The van der Waals surface area contributed by atoms with Crippen LogP contribution in [0.4, 0.5) is 4.39 Å². The fourth-order valence-corrected chi connectivity index (χ4v) is 2.73. The van der Waals surface area contributed by atoms with Gasteiger partial charge in [0.05, 0.1) is 21.7 Å². The molecule has 2 heterocycles. The van der Waals surface area contributed by atoms with Crippen LogP contribution in [0.5, 0.6) is 0 Å². The quantitative estimate of drug-likeness (QED) is 0.649. The maximum absolute atomic E-state index is 13.8. The zero-order chi connectivity index (χ0) is 15.0. The lowest BCUT2D eigenvalue weighted by Crippen LogP contribution is -2.06. The van der Waals surface area contributed by atoms with Gasteiger partial charge in [-0.3, -0.25) is 0 Å². The van der Waals surface area contributed by atoms with Crippen molar-refractivity contribution < 1.29 is 8.81 Å². The Kier molecular flexibility index (Phi) is 3.99. The van der Waals surface area contributed by atoms with E-state index < -0.39 is 0 Å². The minimum absolute atomic E-state index is 0.329. The molecule has 0 saturated carbocycles. The Labute approximate surface area is 134 Å². The lowest BCUT2D eigenvalue weighted by atomic mass is 10.3. The zero-order valence-electron chi connectivity index (χ0n) is 11.2. The molecule has 0 amide bonds. The molecule has 0 saturated heterocycles. The summed E-state index contributed by atoms with van der Waals surface area (Å²) in [5, 5.41) is 0. The molecule has 0 aliphatic rings. The Morgan fingerprint density at radius 1 is 1.43 bits per heavy atom. The lowest BCUT2D eigenvalue weighted by molar-refractivity contribution is 0.456. The number of alkyl halides is 1. The third-order valence-electron chi connectivity index (χ3n) is 3.15. The molecule has 1 aromatic carbocycles. The van der Waals surface area contributed by atoms with Crippen LogP contribution in [0.1, 0.15) is 17.5 Å². The van der Waals surface area contributed by atoms with Gasteiger partial charge in [-0.25, -0.2) is 14.4 Å². The van der Waals surface area contributed by atoms with E-state index in [-0.39, 0.29) is 5.82 Å². The van der Waals surface area contributed by atoms with E-state index in [1.807, 2.05) is 11.5 Å². The maximum Gasteiger partial charge on any atom is 0.214 e. The minimum atomic E-state index is -0.329. The first-order chi connectivity index (χ1) is 10.1. The summed E-state index contributed by atoms with van der Waals surface area (Å²) < 4.78 is 21.6. The Morgan fingerprint density at radius 2 is 2.24 bits per heavy atom. The number of oxazole rings is 1. The molecule has 3 rings (SSSR count). The third-order valence-corrected chi connectivity index (χ3v) is 3.95. The normalized spacial score (nSPS) is 11.4. The van der Waals surface area contributed by atoms with Crippen LogP contribution in [-0.2, 0) is 13.0 Å². The van der Waals surface area contributed by atoms with E-state index in [4.69, 9.17) is 16.0 Å². The summed E-state index contributed by atoms with van der Waals surface area (Å²) in [7, 11) is 0. The van der Waals surface area contributed by atoms with Gasteiger partial charge in [0, 0.05) is 18.4 Å². The zero-order valence-corrected chi connectivity index (χ0v) is 13.6. The van der Waals surface area contributed by atoms with E-state index in [0.717, 1.165) is 11.6 Å². The maximum atomic E-state index is 13.8. The highest BCUT2D eigenvalue weighted by atomic mass is 79.9. The largest absolute Gasteiger partial charge is 0.444 e. The van der Waals surface area contributed by atoms with Crippen LogP contribution in [0.3, 0.4) is 0 Å². The summed E-state index contributed by atoms with van der Waals surface area (Å²) in [5.74, 6) is 2.20. The second-order valence-corrected chi connectivity index (χ2v) is 5.91. The van der Waals surface area contributed by atoms with Gasteiger partial charge in [-0.05, 0) is 28.9 Å². The highest BCUT2D eigenvalue weighted by Gasteiger charge is 2.15. The van der Waals surface area contributed by atoms with E-state index in [9.17, 15) is 4.39 Å². The van der Waals surface area contributed by atoms with Gasteiger partial charge >= 0.3 is 0 Å². The van der Waals surface area contributed by atoms with Crippen molar-refractivity contribution in [1.82, 2.24) is 14.5 Å². The average Bonchev–Trinajstić information content (AvgIpc) is 2.97. The van der Waals surface area contributed by atoms with Crippen LogP contribution < -0.4 is 0 Å². The van der Waals surface area contributed by atoms with Crippen LogP contribution in [0.15, 0.2) is 27.2 Å². The number of imidazole rings is 1. The highest BCUT2D eigenvalue weighted by molar-refractivity contribution is 9.10. The molecule has 0 fully saturated rings. The van der Waals surface area contributed by atoms with Gasteiger partial charge < -0.3 is 8.98 Å². The molecular formula is C14H12BrClFN3O. The predicted molar refractivity (Wildman–Crippen MR) is 82.2 cm³/mol. The molecule has 4 nitrogen and oxygen atoms in total. The van der Waals surface area contributed by atoms with E-state index >= 15 is 0 Å². The summed E-state index contributed by atoms with van der Waals surface area (Å²) in [5.41, 5.74) is 1.42. The molecule has 0 aliphatic carbocycles. The molecule has 110 valence electrons. The van der Waals surface area contributed by atoms with Gasteiger partial charge in [-0.15, -0.1) is 11.6 Å². The molecular weight excluding hydrogens is 361 g/mol. The molecule has 3 aromatic rings. The van der Waals surface area contributed by atoms with Crippen molar-refractivity contribution in [2.75, 3.05) is 5.88 Å². The van der Waals surface area contributed by atoms with Gasteiger partial charge in [0.1, 0.15) is 23.9 Å². The fraction of sp³-hybridized carbons (Fsp3) is 0.286. The molecule has 21 heavy (non-hydrogen) atoms. The lowest BCUT2D eigenvalue weighted by Gasteiger charge is -2.06. The number of hydrogen-bond acceptors (Lipinski definition) is 3. The molecule has 0 unspecified atom stereocenters. The molecule has 0 radical (unpaired) electrons. The van der Waals surface area contributed by atoms with Gasteiger partial charge in [0.25, 0.3) is 0 Å². The molecule has 7 heteroatoms. The van der Waals surface area contributed by atoms with Crippen molar-refractivity contribution in [2.45, 2.75) is 19.9 Å². The van der Waals surface area contributed by atoms with E-state index in [0.29, 0.717) is 40.2 Å². The first kappa shape index (κ1) is 14.5. The SMILES string of the molecule is Cc1cnc(Cn2c(CCCl)nc3cc(Br)c(F)cc32)o1. The Bertz CT molecular complexity index is 799. The average molecular weight is 373 g/mol. The highest BCUT2D eigenvalue weighted by Crippen LogP contribution is 2.25. The standard InChI is InChI=1S/C14H12BrClFN3O/c1-8-6-18-14(21-8)7-20-12-5-10(17)9(15)4-11(12)19-13(20)2-3-16/h4-6H,2-3,7H2,1H3.